The van der Waals surface area contributed by atoms with Gasteiger partial charge in [0.1, 0.15) is 11.5 Å². The summed E-state index contributed by atoms with van der Waals surface area (Å²) in [6.45, 7) is 3.39. The maximum atomic E-state index is 13.8. The van der Waals surface area contributed by atoms with Crippen molar-refractivity contribution in [1.82, 2.24) is 4.90 Å². The van der Waals surface area contributed by atoms with Gasteiger partial charge in [0, 0.05) is 17.9 Å². The van der Waals surface area contributed by atoms with Crippen LogP contribution in [0.5, 0.6) is 0 Å². The standard InChI is InChI=1S/C22H20FN3O4/c1-3-30-21(29)25-18(27)13-14(2)22(25)19(15-9-11-16(23)12-10-15)24-26(20(22)28)17-7-5-4-6-8-17/h4-12,14H,3,13H2,1-2H3/t14-,22-/m1/s1. The molecule has 30 heavy (non-hydrogen) atoms. The van der Waals surface area contributed by atoms with Gasteiger partial charge in [0.25, 0.3) is 5.91 Å². The molecule has 2 heterocycles. The number of likely N-dealkylation sites (tertiary alicyclic amines) is 1. The van der Waals surface area contributed by atoms with Crippen molar-refractivity contribution in [3.63, 3.8) is 0 Å². The topological polar surface area (TPSA) is 79.3 Å². The Kier molecular flexibility index (Phi) is 4.85. The Morgan fingerprint density at radius 2 is 1.83 bits per heavy atom. The van der Waals surface area contributed by atoms with Gasteiger partial charge in [-0.05, 0) is 31.2 Å². The van der Waals surface area contributed by atoms with Crippen LogP contribution in [0.15, 0.2) is 59.7 Å². The molecule has 2 aromatic rings. The number of imide groups is 1. The van der Waals surface area contributed by atoms with E-state index in [9.17, 15) is 18.8 Å². The number of nitrogens with zero attached hydrogens (tertiary/aromatic N) is 3. The highest BCUT2D eigenvalue weighted by molar-refractivity contribution is 6.32. The molecule has 1 fully saturated rings. The van der Waals surface area contributed by atoms with E-state index in [1.54, 1.807) is 44.2 Å². The van der Waals surface area contributed by atoms with Crippen LogP contribution in [0.2, 0.25) is 0 Å². The van der Waals surface area contributed by atoms with Crippen LogP contribution >= 0.6 is 0 Å². The summed E-state index contributed by atoms with van der Waals surface area (Å²) < 4.78 is 18.7. The number of benzene rings is 2. The van der Waals surface area contributed by atoms with E-state index in [-0.39, 0.29) is 18.7 Å². The van der Waals surface area contributed by atoms with E-state index in [2.05, 4.69) is 5.10 Å². The Morgan fingerprint density at radius 1 is 1.17 bits per heavy atom. The van der Waals surface area contributed by atoms with Gasteiger partial charge < -0.3 is 4.74 Å². The van der Waals surface area contributed by atoms with Crippen molar-refractivity contribution in [2.24, 2.45) is 11.0 Å². The lowest BCUT2D eigenvalue weighted by Gasteiger charge is -2.35. The van der Waals surface area contributed by atoms with Crippen LogP contribution in [0.25, 0.3) is 0 Å². The number of para-hydroxylation sites is 1. The monoisotopic (exact) mass is 409 g/mol. The lowest BCUT2D eigenvalue weighted by atomic mass is 9.78. The van der Waals surface area contributed by atoms with E-state index < -0.39 is 35.2 Å². The quantitative estimate of drug-likeness (QED) is 0.779. The summed E-state index contributed by atoms with van der Waals surface area (Å²) in [5.41, 5.74) is -0.520. The molecule has 2 atom stereocenters. The van der Waals surface area contributed by atoms with Crippen molar-refractivity contribution < 1.29 is 23.5 Å². The van der Waals surface area contributed by atoms with E-state index in [1.807, 2.05) is 0 Å². The van der Waals surface area contributed by atoms with E-state index >= 15 is 0 Å². The molecule has 0 aromatic heterocycles. The van der Waals surface area contributed by atoms with Crippen LogP contribution in [0.4, 0.5) is 14.9 Å². The van der Waals surface area contributed by atoms with Crippen LogP contribution < -0.4 is 5.01 Å². The first kappa shape index (κ1) is 19.8. The number of halogens is 1. The number of hydrogen-bond donors (Lipinski definition) is 0. The number of hydrogen-bond acceptors (Lipinski definition) is 5. The van der Waals surface area contributed by atoms with Gasteiger partial charge in [-0.15, -0.1) is 0 Å². The maximum absolute atomic E-state index is 13.8. The third-order valence-corrected chi connectivity index (χ3v) is 5.44. The minimum absolute atomic E-state index is 0.0204. The summed E-state index contributed by atoms with van der Waals surface area (Å²) in [4.78, 5) is 40.3. The molecule has 4 rings (SSSR count). The smallest absolute Gasteiger partial charge is 0.417 e. The van der Waals surface area contributed by atoms with E-state index in [0.29, 0.717) is 11.3 Å². The van der Waals surface area contributed by atoms with Gasteiger partial charge in [0.05, 0.1) is 12.3 Å². The Morgan fingerprint density at radius 3 is 2.47 bits per heavy atom. The molecular formula is C22H20FN3O4. The Bertz CT molecular complexity index is 1040. The van der Waals surface area contributed by atoms with E-state index in [0.717, 1.165) is 4.90 Å². The Balaban J connectivity index is 1.94. The van der Waals surface area contributed by atoms with Crippen LogP contribution in [-0.2, 0) is 14.3 Å². The molecule has 1 spiro atoms. The Labute approximate surface area is 172 Å². The first-order valence-corrected chi connectivity index (χ1v) is 9.65. The zero-order valence-electron chi connectivity index (χ0n) is 16.5. The average Bonchev–Trinajstić information content (AvgIpc) is 3.18. The van der Waals surface area contributed by atoms with Crippen LogP contribution in [0.3, 0.4) is 0 Å². The number of hydrazone groups is 1. The predicted molar refractivity (Wildman–Crippen MR) is 107 cm³/mol. The fraction of sp³-hybridized carbons (Fsp3) is 0.273. The number of carbonyl (C=O) groups is 3. The van der Waals surface area contributed by atoms with Crippen molar-refractivity contribution in [2.45, 2.75) is 25.8 Å². The van der Waals surface area contributed by atoms with Crippen LogP contribution in [-0.4, -0.2) is 40.7 Å². The number of carbonyl (C=O) groups excluding carboxylic acids is 3. The molecule has 0 unspecified atom stereocenters. The van der Waals surface area contributed by atoms with Gasteiger partial charge in [-0.1, -0.05) is 37.3 Å². The zero-order valence-corrected chi connectivity index (χ0v) is 16.5. The molecule has 8 heteroatoms. The molecular weight excluding hydrogens is 389 g/mol. The highest BCUT2D eigenvalue weighted by Crippen LogP contribution is 2.45. The summed E-state index contributed by atoms with van der Waals surface area (Å²) in [5, 5.41) is 5.72. The summed E-state index contributed by atoms with van der Waals surface area (Å²) in [7, 11) is 0. The lowest BCUT2D eigenvalue weighted by molar-refractivity contribution is -0.134. The minimum atomic E-state index is -1.67. The zero-order chi connectivity index (χ0) is 21.5. The number of ether oxygens (including phenoxy) is 1. The highest BCUT2D eigenvalue weighted by Gasteiger charge is 2.67. The van der Waals surface area contributed by atoms with Crippen molar-refractivity contribution >= 4 is 29.3 Å². The predicted octanol–water partition coefficient (Wildman–Crippen LogP) is 3.34. The van der Waals surface area contributed by atoms with E-state index in [4.69, 9.17) is 4.74 Å². The average molecular weight is 409 g/mol. The van der Waals surface area contributed by atoms with Gasteiger partial charge >= 0.3 is 6.09 Å². The molecule has 0 radical (unpaired) electrons. The van der Waals surface area contributed by atoms with Gasteiger partial charge in [0.2, 0.25) is 5.91 Å². The molecule has 0 aliphatic carbocycles. The first-order valence-electron chi connectivity index (χ1n) is 9.65. The molecule has 0 bridgehead atoms. The molecule has 1 saturated heterocycles. The summed E-state index contributed by atoms with van der Waals surface area (Å²) in [6, 6.07) is 14.2. The lowest BCUT2D eigenvalue weighted by Crippen LogP contribution is -2.62. The van der Waals surface area contributed by atoms with Crippen molar-refractivity contribution in [3.8, 4) is 0 Å². The summed E-state index contributed by atoms with van der Waals surface area (Å²) >= 11 is 0. The minimum Gasteiger partial charge on any atom is -0.449 e. The summed E-state index contributed by atoms with van der Waals surface area (Å²) in [6.07, 6.45) is -0.919. The molecule has 7 nitrogen and oxygen atoms in total. The van der Waals surface area contributed by atoms with Gasteiger partial charge in [-0.25, -0.2) is 14.1 Å². The largest absolute Gasteiger partial charge is 0.449 e. The van der Waals surface area contributed by atoms with Crippen LogP contribution in [0.1, 0.15) is 25.8 Å². The number of anilines is 1. The SMILES string of the molecule is CCOC(=O)N1C(=O)C[C@@H](C)[C@@]12C(=O)N(c1ccccc1)N=C2c1ccc(F)cc1. The third-order valence-electron chi connectivity index (χ3n) is 5.44. The second-order valence-corrected chi connectivity index (χ2v) is 7.21. The molecule has 2 aliphatic heterocycles. The van der Waals surface area contributed by atoms with E-state index in [1.165, 1.54) is 29.3 Å². The first-order chi connectivity index (χ1) is 14.4. The normalized spacial score (nSPS) is 23.3. The van der Waals surface area contributed by atoms with Crippen molar-refractivity contribution in [2.75, 3.05) is 11.6 Å². The second-order valence-electron chi connectivity index (χ2n) is 7.21. The molecule has 154 valence electrons. The highest BCUT2D eigenvalue weighted by atomic mass is 19.1. The Hall–Kier alpha value is -3.55. The van der Waals surface area contributed by atoms with Gasteiger partial charge in [0.15, 0.2) is 5.54 Å². The summed E-state index contributed by atoms with van der Waals surface area (Å²) in [5.74, 6) is -2.05. The fourth-order valence-electron chi connectivity index (χ4n) is 4.11. The van der Waals surface area contributed by atoms with Crippen LogP contribution in [0, 0.1) is 11.7 Å². The fourth-order valence-corrected chi connectivity index (χ4v) is 4.11. The molecule has 3 amide bonds. The van der Waals surface area contributed by atoms with Crippen molar-refractivity contribution in [3.05, 3.63) is 66.0 Å². The molecule has 2 aliphatic rings. The van der Waals surface area contributed by atoms with Gasteiger partial charge in [-0.3, -0.25) is 9.59 Å². The third kappa shape index (κ3) is 2.79. The molecule has 0 saturated carbocycles. The van der Waals surface area contributed by atoms with Crippen molar-refractivity contribution in [1.29, 1.82) is 0 Å². The second kappa shape index (κ2) is 7.37. The number of amides is 3. The molecule has 2 aromatic carbocycles. The maximum Gasteiger partial charge on any atom is 0.417 e. The number of rotatable bonds is 3. The van der Waals surface area contributed by atoms with Gasteiger partial charge in [-0.2, -0.15) is 10.1 Å². The molecule has 0 N–H and O–H groups in total.